The molecule has 0 radical (unpaired) electrons. The summed E-state index contributed by atoms with van der Waals surface area (Å²) in [5.41, 5.74) is 4.20. The van der Waals surface area contributed by atoms with Gasteiger partial charge in [-0.1, -0.05) is 36.4 Å². The average molecular weight is 256 g/mol. The molecule has 0 atom stereocenters. The molecular weight excluding hydrogens is 243 g/mol. The quantitative estimate of drug-likeness (QED) is 0.639. The van der Waals surface area contributed by atoms with Crippen molar-refractivity contribution < 1.29 is 14.8 Å². The van der Waals surface area contributed by atoms with Crippen molar-refractivity contribution in [3.8, 4) is 0 Å². The summed E-state index contributed by atoms with van der Waals surface area (Å²) in [7, 11) is 0.460. The first-order valence-electron chi connectivity index (χ1n) is 5.70. The van der Waals surface area contributed by atoms with Crippen molar-refractivity contribution in [2.45, 2.75) is 0 Å². The molecule has 0 unspecified atom stereocenters. The maximum Gasteiger partial charge on any atom is 0.414 e. The summed E-state index contributed by atoms with van der Waals surface area (Å²) in [4.78, 5) is 11.5. The third-order valence-corrected chi connectivity index (χ3v) is 2.62. The van der Waals surface area contributed by atoms with Crippen LogP contribution < -0.4 is 0 Å². The van der Waals surface area contributed by atoms with Crippen molar-refractivity contribution in [1.29, 1.82) is 0 Å². The number of carbonyl (C=O) groups excluding carboxylic acids is 1. The SMILES string of the molecule is O=C1C=CC=C2C1=Cc1ccccc12.OB(O)[SiH3]. The van der Waals surface area contributed by atoms with Crippen LogP contribution in [0.3, 0.4) is 0 Å². The minimum atomic E-state index is -1.03. The number of allylic oxidation sites excluding steroid dienone is 5. The topological polar surface area (TPSA) is 57.5 Å². The Balaban J connectivity index is 0.000000267. The lowest BCUT2D eigenvalue weighted by molar-refractivity contribution is -0.110. The highest BCUT2D eigenvalue weighted by Crippen LogP contribution is 2.37. The van der Waals surface area contributed by atoms with Gasteiger partial charge in [-0.05, 0) is 28.9 Å². The molecule has 0 aromatic heterocycles. The van der Waals surface area contributed by atoms with Gasteiger partial charge in [-0.3, -0.25) is 4.79 Å². The summed E-state index contributed by atoms with van der Waals surface area (Å²) in [6.07, 6.45) is 7.39. The zero-order valence-electron chi connectivity index (χ0n) is 10.00. The second-order valence-electron chi connectivity index (χ2n) is 4.08. The van der Waals surface area contributed by atoms with Crippen molar-refractivity contribution in [2.24, 2.45) is 0 Å². The maximum atomic E-state index is 11.5. The third-order valence-electron chi connectivity index (χ3n) is 2.62. The number of ketones is 1. The molecule has 0 saturated carbocycles. The smallest absolute Gasteiger partial charge is 0.414 e. The Morgan fingerprint density at radius 3 is 2.50 bits per heavy atom. The summed E-state index contributed by atoms with van der Waals surface area (Å²) < 4.78 is 0. The van der Waals surface area contributed by atoms with E-state index in [1.165, 1.54) is 5.56 Å². The third kappa shape index (κ3) is 2.59. The Morgan fingerprint density at radius 2 is 1.78 bits per heavy atom. The van der Waals surface area contributed by atoms with Crippen LogP contribution in [0.25, 0.3) is 11.6 Å². The minimum absolute atomic E-state index is 0.110. The number of hydrogen-bond donors (Lipinski definition) is 2. The number of hydrogen-bond acceptors (Lipinski definition) is 3. The van der Waals surface area contributed by atoms with E-state index >= 15 is 0 Å². The van der Waals surface area contributed by atoms with Gasteiger partial charge in [-0.25, -0.2) is 0 Å². The molecule has 3 rings (SSSR count). The zero-order chi connectivity index (χ0) is 13.1. The molecule has 0 saturated heterocycles. The van der Waals surface area contributed by atoms with Crippen LogP contribution in [0, 0.1) is 0 Å². The first-order valence-corrected chi connectivity index (χ1v) is 6.85. The lowest BCUT2D eigenvalue weighted by Crippen LogP contribution is -2.08. The fourth-order valence-electron chi connectivity index (χ4n) is 1.95. The molecular formula is C13H13BO3Si. The van der Waals surface area contributed by atoms with Crippen LogP contribution in [0.1, 0.15) is 11.1 Å². The highest BCUT2D eigenvalue weighted by molar-refractivity contribution is 6.93. The molecule has 1 aromatic carbocycles. The van der Waals surface area contributed by atoms with Gasteiger partial charge >= 0.3 is 6.71 Å². The Hall–Kier alpha value is -1.69. The summed E-state index contributed by atoms with van der Waals surface area (Å²) in [6.45, 7) is -1.03. The predicted molar refractivity (Wildman–Crippen MR) is 76.7 cm³/mol. The number of fused-ring (bicyclic) bond motifs is 3. The standard InChI is InChI=1S/C13H8O.BH5O2Si/c14-13-7-3-6-11-10-5-2-1-4-9(10)8-12(11)13;2-1(3)4/h1-8H;2-3H,4H3. The van der Waals surface area contributed by atoms with Crippen LogP contribution in [0.5, 0.6) is 0 Å². The molecule has 5 heteroatoms. The van der Waals surface area contributed by atoms with Gasteiger partial charge in [-0.2, -0.15) is 0 Å². The molecule has 2 aliphatic carbocycles. The van der Waals surface area contributed by atoms with Crippen molar-refractivity contribution in [1.82, 2.24) is 0 Å². The summed E-state index contributed by atoms with van der Waals surface area (Å²) in [5.74, 6) is 0.110. The monoisotopic (exact) mass is 256 g/mol. The molecule has 3 nitrogen and oxygen atoms in total. The van der Waals surface area contributed by atoms with Gasteiger partial charge in [0, 0.05) is 5.57 Å². The van der Waals surface area contributed by atoms with E-state index in [4.69, 9.17) is 10.0 Å². The molecule has 0 bridgehead atoms. The lowest BCUT2D eigenvalue weighted by Gasteiger charge is -2.06. The van der Waals surface area contributed by atoms with Gasteiger partial charge in [0.25, 0.3) is 0 Å². The molecule has 2 aliphatic rings. The van der Waals surface area contributed by atoms with E-state index in [-0.39, 0.29) is 5.78 Å². The number of rotatable bonds is 0. The molecule has 0 spiro atoms. The first-order chi connectivity index (χ1) is 8.59. The van der Waals surface area contributed by atoms with Crippen LogP contribution in [0.4, 0.5) is 0 Å². The van der Waals surface area contributed by atoms with Gasteiger partial charge < -0.3 is 10.0 Å². The van der Waals surface area contributed by atoms with Gasteiger partial charge in [0.2, 0.25) is 0 Å². The zero-order valence-corrected chi connectivity index (χ0v) is 12.0. The van der Waals surface area contributed by atoms with Gasteiger partial charge in [0.1, 0.15) is 0 Å². The van der Waals surface area contributed by atoms with Crippen LogP contribution in [-0.2, 0) is 4.79 Å². The second-order valence-corrected chi connectivity index (χ2v) is 5.11. The fraction of sp³-hybridized carbons (Fsp3) is 0. The van der Waals surface area contributed by atoms with E-state index in [0.29, 0.717) is 10.1 Å². The largest absolute Gasteiger partial charge is 0.431 e. The molecule has 18 heavy (non-hydrogen) atoms. The molecule has 0 heterocycles. The fourth-order valence-corrected chi connectivity index (χ4v) is 1.95. The lowest BCUT2D eigenvalue weighted by atomic mass is 9.96. The van der Waals surface area contributed by atoms with E-state index in [9.17, 15) is 4.79 Å². The van der Waals surface area contributed by atoms with Crippen LogP contribution in [0.15, 0.2) is 48.1 Å². The summed E-state index contributed by atoms with van der Waals surface area (Å²) in [5, 5.41) is 15.3. The summed E-state index contributed by atoms with van der Waals surface area (Å²) >= 11 is 0. The second kappa shape index (κ2) is 5.31. The minimum Gasteiger partial charge on any atom is -0.431 e. The average Bonchev–Trinajstić information content (AvgIpc) is 2.69. The van der Waals surface area contributed by atoms with E-state index in [2.05, 4.69) is 6.07 Å². The molecule has 2 N–H and O–H groups in total. The van der Waals surface area contributed by atoms with E-state index < -0.39 is 6.71 Å². The number of carbonyl (C=O) groups is 1. The van der Waals surface area contributed by atoms with Gasteiger partial charge in [0.05, 0.1) is 10.1 Å². The molecule has 0 amide bonds. The van der Waals surface area contributed by atoms with Gasteiger partial charge in [0.15, 0.2) is 5.78 Å². The Labute approximate surface area is 109 Å². The normalized spacial score (nSPS) is 15.1. The summed E-state index contributed by atoms with van der Waals surface area (Å²) in [6, 6.07) is 8.08. The van der Waals surface area contributed by atoms with Gasteiger partial charge in [-0.15, -0.1) is 0 Å². The van der Waals surface area contributed by atoms with Crippen LogP contribution in [-0.4, -0.2) is 32.7 Å². The van der Waals surface area contributed by atoms with Crippen molar-refractivity contribution in [2.75, 3.05) is 0 Å². The molecule has 1 aromatic rings. The van der Waals surface area contributed by atoms with Crippen LogP contribution in [0.2, 0.25) is 0 Å². The predicted octanol–water partition coefficient (Wildman–Crippen LogP) is -0.0728. The van der Waals surface area contributed by atoms with Crippen molar-refractivity contribution in [3.63, 3.8) is 0 Å². The van der Waals surface area contributed by atoms with Crippen LogP contribution >= 0.6 is 0 Å². The Kier molecular flexibility index (Phi) is 3.76. The maximum absolute atomic E-state index is 11.5. The van der Waals surface area contributed by atoms with Crippen molar-refractivity contribution >= 4 is 34.3 Å². The Morgan fingerprint density at radius 1 is 1.11 bits per heavy atom. The Bertz CT molecular complexity index is 571. The number of benzene rings is 1. The van der Waals surface area contributed by atoms with E-state index in [0.717, 1.165) is 16.7 Å². The highest BCUT2D eigenvalue weighted by Gasteiger charge is 2.23. The molecule has 90 valence electrons. The molecule has 0 fully saturated rings. The highest BCUT2D eigenvalue weighted by atomic mass is 28.1. The van der Waals surface area contributed by atoms with E-state index in [1.807, 2.05) is 36.4 Å². The first kappa shape index (κ1) is 12.8. The van der Waals surface area contributed by atoms with Crippen molar-refractivity contribution in [3.05, 3.63) is 59.2 Å². The molecule has 0 aliphatic heterocycles. The van der Waals surface area contributed by atoms with E-state index in [1.54, 1.807) is 6.08 Å².